The lowest BCUT2D eigenvalue weighted by Gasteiger charge is -2.01. The summed E-state index contributed by atoms with van der Waals surface area (Å²) in [7, 11) is 0. The highest BCUT2D eigenvalue weighted by Crippen LogP contribution is 2.21. The van der Waals surface area contributed by atoms with Crippen LogP contribution in [0.2, 0.25) is 5.02 Å². The molecule has 1 fully saturated rings. The first-order valence-corrected chi connectivity index (χ1v) is 5.98. The number of rotatable bonds is 2. The van der Waals surface area contributed by atoms with Gasteiger partial charge in [0.1, 0.15) is 5.69 Å². The Kier molecular flexibility index (Phi) is 2.78. The molecule has 1 saturated heterocycles. The summed E-state index contributed by atoms with van der Waals surface area (Å²) in [5.74, 6) is 1.15. The fourth-order valence-corrected chi connectivity index (χ4v) is 2.19. The minimum absolute atomic E-state index is 0.367. The van der Waals surface area contributed by atoms with Crippen LogP contribution >= 0.6 is 11.6 Å². The normalized spacial score (nSPS) is 19.7. The van der Waals surface area contributed by atoms with Crippen LogP contribution in [0.3, 0.4) is 0 Å². The smallest absolute Gasteiger partial charge is 0.179 e. The first-order chi connectivity index (χ1) is 8.34. The van der Waals surface area contributed by atoms with Crippen molar-refractivity contribution in [3.63, 3.8) is 0 Å². The SMILES string of the molecule is Clc1ccccc1-n1nnc(C2CCNC2)n1. The van der Waals surface area contributed by atoms with Crippen molar-refractivity contribution < 1.29 is 0 Å². The van der Waals surface area contributed by atoms with E-state index >= 15 is 0 Å². The predicted octanol–water partition coefficient (Wildman–Crippen LogP) is 1.39. The quantitative estimate of drug-likeness (QED) is 0.874. The number of nitrogens with one attached hydrogen (secondary N) is 1. The molecule has 1 aliphatic heterocycles. The summed E-state index contributed by atoms with van der Waals surface area (Å²) >= 11 is 6.09. The fourth-order valence-electron chi connectivity index (χ4n) is 1.98. The lowest BCUT2D eigenvalue weighted by atomic mass is 10.1. The van der Waals surface area contributed by atoms with Gasteiger partial charge in [-0.1, -0.05) is 23.7 Å². The Bertz CT molecular complexity index is 518. The molecule has 1 unspecified atom stereocenters. The van der Waals surface area contributed by atoms with Crippen LogP contribution in [0.5, 0.6) is 0 Å². The summed E-state index contributed by atoms with van der Waals surface area (Å²) in [6.45, 7) is 1.94. The van der Waals surface area contributed by atoms with E-state index in [1.54, 1.807) is 0 Å². The zero-order valence-electron chi connectivity index (χ0n) is 9.17. The average Bonchev–Trinajstić information content (AvgIpc) is 3.00. The van der Waals surface area contributed by atoms with Crippen LogP contribution in [0.25, 0.3) is 5.69 Å². The first kappa shape index (κ1) is 10.7. The Morgan fingerprint density at radius 1 is 1.35 bits per heavy atom. The maximum absolute atomic E-state index is 6.09. The van der Waals surface area contributed by atoms with Crippen molar-refractivity contribution in [1.82, 2.24) is 25.5 Å². The maximum atomic E-state index is 6.09. The number of hydrogen-bond acceptors (Lipinski definition) is 4. The van der Waals surface area contributed by atoms with E-state index < -0.39 is 0 Å². The molecule has 88 valence electrons. The minimum Gasteiger partial charge on any atom is -0.316 e. The molecule has 0 bridgehead atoms. The van der Waals surface area contributed by atoms with Gasteiger partial charge in [-0.3, -0.25) is 0 Å². The summed E-state index contributed by atoms with van der Waals surface area (Å²) in [6.07, 6.45) is 1.06. The summed E-state index contributed by atoms with van der Waals surface area (Å²) in [5, 5.41) is 16.5. The molecule has 2 heterocycles. The van der Waals surface area contributed by atoms with Gasteiger partial charge in [0.25, 0.3) is 0 Å². The van der Waals surface area contributed by atoms with Gasteiger partial charge in [0.2, 0.25) is 0 Å². The third-order valence-electron chi connectivity index (χ3n) is 2.92. The van der Waals surface area contributed by atoms with E-state index in [-0.39, 0.29) is 0 Å². The van der Waals surface area contributed by atoms with Gasteiger partial charge in [0.15, 0.2) is 5.82 Å². The second-order valence-corrected chi connectivity index (χ2v) is 4.49. The van der Waals surface area contributed by atoms with Crippen molar-refractivity contribution in [3.05, 3.63) is 35.1 Å². The number of nitrogens with zero attached hydrogens (tertiary/aromatic N) is 4. The summed E-state index contributed by atoms with van der Waals surface area (Å²) in [5.41, 5.74) is 0.763. The van der Waals surface area contributed by atoms with E-state index in [9.17, 15) is 0 Å². The van der Waals surface area contributed by atoms with Crippen molar-refractivity contribution in [2.75, 3.05) is 13.1 Å². The molecule has 1 atom stereocenters. The molecule has 0 spiro atoms. The Morgan fingerprint density at radius 3 is 3.00 bits per heavy atom. The van der Waals surface area contributed by atoms with Crippen LogP contribution in [-0.4, -0.2) is 33.3 Å². The van der Waals surface area contributed by atoms with Crippen LogP contribution in [-0.2, 0) is 0 Å². The minimum atomic E-state index is 0.367. The highest BCUT2D eigenvalue weighted by molar-refractivity contribution is 6.32. The first-order valence-electron chi connectivity index (χ1n) is 5.60. The van der Waals surface area contributed by atoms with Crippen LogP contribution in [0, 0.1) is 0 Å². The number of halogens is 1. The molecule has 0 saturated carbocycles. The molecule has 0 amide bonds. The fraction of sp³-hybridized carbons (Fsp3) is 0.364. The van der Waals surface area contributed by atoms with Gasteiger partial charge < -0.3 is 5.32 Å². The van der Waals surface area contributed by atoms with Crippen molar-refractivity contribution in [1.29, 1.82) is 0 Å². The lowest BCUT2D eigenvalue weighted by molar-refractivity contribution is 0.688. The predicted molar refractivity (Wildman–Crippen MR) is 64.4 cm³/mol. The van der Waals surface area contributed by atoms with Gasteiger partial charge in [-0.05, 0) is 30.3 Å². The Balaban J connectivity index is 1.92. The highest BCUT2D eigenvalue weighted by Gasteiger charge is 2.21. The van der Waals surface area contributed by atoms with E-state index in [0.29, 0.717) is 10.9 Å². The molecule has 1 N–H and O–H groups in total. The van der Waals surface area contributed by atoms with E-state index in [1.165, 1.54) is 4.80 Å². The second kappa shape index (κ2) is 4.43. The summed E-state index contributed by atoms with van der Waals surface area (Å²) < 4.78 is 0. The van der Waals surface area contributed by atoms with E-state index in [1.807, 2.05) is 24.3 Å². The van der Waals surface area contributed by atoms with Gasteiger partial charge >= 0.3 is 0 Å². The van der Waals surface area contributed by atoms with Crippen LogP contribution < -0.4 is 5.32 Å². The Morgan fingerprint density at radius 2 is 2.24 bits per heavy atom. The molecule has 2 aromatic rings. The zero-order chi connectivity index (χ0) is 11.7. The third kappa shape index (κ3) is 2.03. The van der Waals surface area contributed by atoms with E-state index in [0.717, 1.165) is 31.0 Å². The van der Waals surface area contributed by atoms with Crippen molar-refractivity contribution in [2.24, 2.45) is 0 Å². The number of aromatic nitrogens is 4. The molecule has 6 heteroatoms. The number of para-hydroxylation sites is 1. The van der Waals surface area contributed by atoms with Crippen molar-refractivity contribution in [3.8, 4) is 5.69 Å². The van der Waals surface area contributed by atoms with Crippen LogP contribution in [0.1, 0.15) is 18.2 Å². The Labute approximate surface area is 104 Å². The van der Waals surface area contributed by atoms with Crippen molar-refractivity contribution in [2.45, 2.75) is 12.3 Å². The van der Waals surface area contributed by atoms with E-state index in [2.05, 4.69) is 20.7 Å². The van der Waals surface area contributed by atoms with Gasteiger partial charge in [0.05, 0.1) is 5.02 Å². The lowest BCUT2D eigenvalue weighted by Crippen LogP contribution is -2.09. The van der Waals surface area contributed by atoms with E-state index in [4.69, 9.17) is 11.6 Å². The number of hydrogen-bond donors (Lipinski definition) is 1. The molecule has 1 aromatic carbocycles. The van der Waals surface area contributed by atoms with Gasteiger partial charge in [-0.25, -0.2) is 0 Å². The van der Waals surface area contributed by atoms with Crippen molar-refractivity contribution >= 4 is 11.6 Å². The van der Waals surface area contributed by atoms with Crippen LogP contribution in [0.4, 0.5) is 0 Å². The molecular weight excluding hydrogens is 238 g/mol. The molecule has 1 aliphatic rings. The molecule has 1 aromatic heterocycles. The molecule has 0 radical (unpaired) electrons. The second-order valence-electron chi connectivity index (χ2n) is 4.08. The maximum Gasteiger partial charge on any atom is 0.179 e. The molecule has 5 nitrogen and oxygen atoms in total. The number of tetrazole rings is 1. The van der Waals surface area contributed by atoms with Gasteiger partial charge in [-0.2, -0.15) is 0 Å². The molecular formula is C11H12ClN5. The monoisotopic (exact) mass is 249 g/mol. The summed E-state index contributed by atoms with van der Waals surface area (Å²) in [4.78, 5) is 1.50. The number of benzene rings is 1. The zero-order valence-corrected chi connectivity index (χ0v) is 9.93. The standard InChI is InChI=1S/C11H12ClN5/c12-9-3-1-2-4-10(9)17-15-11(14-16-17)8-5-6-13-7-8/h1-4,8,13H,5-7H2. The van der Waals surface area contributed by atoms with Crippen LogP contribution in [0.15, 0.2) is 24.3 Å². The topological polar surface area (TPSA) is 55.6 Å². The molecule has 3 rings (SSSR count). The third-order valence-corrected chi connectivity index (χ3v) is 3.24. The van der Waals surface area contributed by atoms with Gasteiger partial charge in [0, 0.05) is 12.5 Å². The molecule has 0 aliphatic carbocycles. The molecule has 17 heavy (non-hydrogen) atoms. The summed E-state index contributed by atoms with van der Waals surface area (Å²) in [6, 6.07) is 7.48. The highest BCUT2D eigenvalue weighted by atomic mass is 35.5. The largest absolute Gasteiger partial charge is 0.316 e. The Hall–Kier alpha value is -1.46. The van der Waals surface area contributed by atoms with Gasteiger partial charge in [-0.15, -0.1) is 15.0 Å². The average molecular weight is 250 g/mol.